The number of quaternary nitrogens is 3. The number of benzene rings is 4. The summed E-state index contributed by atoms with van der Waals surface area (Å²) in [5.41, 5.74) is 8.38. The molecule has 47 heavy (non-hydrogen) atoms. The summed E-state index contributed by atoms with van der Waals surface area (Å²) in [5.74, 6) is 1.10. The summed E-state index contributed by atoms with van der Waals surface area (Å²) in [6.45, 7) is 3.43. The van der Waals surface area contributed by atoms with Crippen LogP contribution in [-0.4, -0.2) is 62.3 Å². The van der Waals surface area contributed by atoms with E-state index in [0.717, 1.165) is 51.7 Å². The van der Waals surface area contributed by atoms with E-state index in [0.29, 0.717) is 6.61 Å². The summed E-state index contributed by atoms with van der Waals surface area (Å²) in [5, 5.41) is 0. The van der Waals surface area contributed by atoms with Crippen LogP contribution in [0.25, 0.3) is 0 Å². The van der Waals surface area contributed by atoms with Crippen molar-refractivity contribution >= 4 is 0 Å². The lowest BCUT2D eigenvalue weighted by Gasteiger charge is -2.36. The molecule has 0 amide bonds. The third kappa shape index (κ3) is 10.7. The summed E-state index contributed by atoms with van der Waals surface area (Å²) in [6, 6.07) is 42.8. The fourth-order valence-corrected chi connectivity index (χ4v) is 7.04. The van der Waals surface area contributed by atoms with Gasteiger partial charge in [0.05, 0.1) is 67.5 Å². The minimum Gasteiger partial charge on any atom is -0.493 e. The molecule has 0 aliphatic heterocycles. The molecule has 0 bridgehead atoms. The fourth-order valence-electron chi connectivity index (χ4n) is 7.04. The van der Waals surface area contributed by atoms with E-state index in [1.807, 2.05) is 6.07 Å². The van der Waals surface area contributed by atoms with Gasteiger partial charge in [-0.15, -0.1) is 0 Å². The molecule has 1 saturated carbocycles. The van der Waals surface area contributed by atoms with E-state index in [-0.39, 0.29) is 5.92 Å². The Labute approximate surface area is 283 Å². The van der Waals surface area contributed by atoms with Crippen molar-refractivity contribution in [2.75, 3.05) is 48.9 Å². The van der Waals surface area contributed by atoms with Gasteiger partial charge >= 0.3 is 0 Å². The number of ether oxygens (including phenoxy) is 1. The first-order valence-corrected chi connectivity index (χ1v) is 16.9. The molecule has 4 aromatic carbocycles. The van der Waals surface area contributed by atoms with Gasteiger partial charge in [-0.1, -0.05) is 109 Å². The van der Waals surface area contributed by atoms with Crippen molar-refractivity contribution in [3.63, 3.8) is 0 Å². The van der Waals surface area contributed by atoms with Crippen LogP contribution in [0.1, 0.15) is 29.5 Å². The maximum absolute atomic E-state index is 6.57. The Hall–Kier alpha value is -4.22. The van der Waals surface area contributed by atoms with E-state index in [9.17, 15) is 0 Å². The van der Waals surface area contributed by atoms with E-state index < -0.39 is 0 Å². The average molecular weight is 629 g/mol. The molecule has 1 fully saturated rings. The first kappa shape index (κ1) is 34.1. The molecule has 0 N–H and O–H groups in total. The fraction of sp³-hybridized carbons (Fsp3) is 0.302. The standard InChI is InChI=1S/C43H54N3O/c1-44(2,29-36-19-11-7-12-20-36)32-39-27-40(33-45(3,4)30-37-21-13-8-14-22-37)43(35-47-42-25-17-10-18-26-42)41(28-39)34-46(5,6)31-38-23-15-9-16-24-38/h7-26,32-34,43H,27-31,35H2,1-6H3/q+3. The van der Waals surface area contributed by atoms with Crippen LogP contribution in [0.4, 0.5) is 0 Å². The molecule has 0 radical (unpaired) electrons. The van der Waals surface area contributed by atoms with Gasteiger partial charge in [-0.3, -0.25) is 13.4 Å². The normalized spacial score (nSPS) is 17.6. The van der Waals surface area contributed by atoms with Crippen molar-refractivity contribution in [3.05, 3.63) is 173 Å². The lowest BCUT2D eigenvalue weighted by Crippen LogP contribution is -2.37. The van der Waals surface area contributed by atoms with Crippen LogP contribution in [0.5, 0.6) is 5.75 Å². The third-order valence-electron chi connectivity index (χ3n) is 8.78. The maximum Gasteiger partial charge on any atom is 0.119 e. The van der Waals surface area contributed by atoms with Crippen molar-refractivity contribution in [1.82, 2.24) is 0 Å². The van der Waals surface area contributed by atoms with E-state index >= 15 is 0 Å². The zero-order valence-electron chi connectivity index (χ0n) is 29.3. The van der Waals surface area contributed by atoms with Crippen LogP contribution in [-0.2, 0) is 19.6 Å². The van der Waals surface area contributed by atoms with Gasteiger partial charge in [-0.2, -0.15) is 0 Å². The molecule has 0 unspecified atom stereocenters. The molecule has 1 aliphatic carbocycles. The first-order valence-electron chi connectivity index (χ1n) is 16.9. The third-order valence-corrected chi connectivity index (χ3v) is 8.78. The average Bonchev–Trinajstić information content (AvgIpc) is 3.01. The van der Waals surface area contributed by atoms with Gasteiger partial charge < -0.3 is 4.74 Å². The second-order valence-electron chi connectivity index (χ2n) is 15.0. The van der Waals surface area contributed by atoms with Gasteiger partial charge in [0.2, 0.25) is 0 Å². The van der Waals surface area contributed by atoms with Crippen LogP contribution < -0.4 is 4.74 Å². The lowest BCUT2D eigenvalue weighted by atomic mass is 9.78. The smallest absolute Gasteiger partial charge is 0.119 e. The topological polar surface area (TPSA) is 9.23 Å². The second kappa shape index (κ2) is 15.1. The van der Waals surface area contributed by atoms with E-state index in [4.69, 9.17) is 4.74 Å². The summed E-state index contributed by atoms with van der Waals surface area (Å²) >= 11 is 0. The second-order valence-corrected chi connectivity index (χ2v) is 15.0. The van der Waals surface area contributed by atoms with Crippen molar-refractivity contribution in [3.8, 4) is 5.75 Å². The molecule has 0 saturated heterocycles. The number of hydrogen-bond donors (Lipinski definition) is 0. The highest BCUT2D eigenvalue weighted by molar-refractivity contribution is 5.34. The molecule has 4 nitrogen and oxygen atoms in total. The van der Waals surface area contributed by atoms with Gasteiger partial charge in [-0.05, 0) is 28.9 Å². The summed E-state index contributed by atoms with van der Waals surface area (Å²) < 4.78 is 8.91. The molecule has 1 aliphatic rings. The highest BCUT2D eigenvalue weighted by Crippen LogP contribution is 2.40. The Morgan fingerprint density at radius 1 is 0.489 bits per heavy atom. The predicted octanol–water partition coefficient (Wildman–Crippen LogP) is 8.96. The van der Waals surface area contributed by atoms with Crippen LogP contribution >= 0.6 is 0 Å². The highest BCUT2D eigenvalue weighted by atomic mass is 16.5. The van der Waals surface area contributed by atoms with Gasteiger partial charge in [0.15, 0.2) is 0 Å². The van der Waals surface area contributed by atoms with Crippen LogP contribution in [0.15, 0.2) is 157 Å². The van der Waals surface area contributed by atoms with Gasteiger partial charge in [0.1, 0.15) is 25.4 Å². The van der Waals surface area contributed by atoms with Crippen LogP contribution in [0.2, 0.25) is 0 Å². The van der Waals surface area contributed by atoms with Crippen LogP contribution in [0.3, 0.4) is 0 Å². The number of allylic oxidation sites excluding steroid dienone is 1. The predicted molar refractivity (Wildman–Crippen MR) is 196 cm³/mol. The molecule has 5 rings (SSSR count). The zero-order valence-corrected chi connectivity index (χ0v) is 29.3. The Morgan fingerprint density at radius 2 is 0.830 bits per heavy atom. The van der Waals surface area contributed by atoms with Gasteiger partial charge in [-0.25, -0.2) is 0 Å². The van der Waals surface area contributed by atoms with Gasteiger partial charge in [0.25, 0.3) is 0 Å². The monoisotopic (exact) mass is 628 g/mol. The van der Waals surface area contributed by atoms with E-state index in [1.165, 1.54) is 33.4 Å². The van der Waals surface area contributed by atoms with E-state index in [1.54, 1.807) is 0 Å². The molecule has 4 heteroatoms. The molecule has 4 aromatic rings. The Balaban J connectivity index is 1.55. The number of rotatable bonds is 12. The number of para-hydroxylation sites is 1. The summed E-state index contributed by atoms with van der Waals surface area (Å²) in [4.78, 5) is 0. The Kier molecular flexibility index (Phi) is 11.0. The molecule has 244 valence electrons. The molecule has 0 atom stereocenters. The van der Waals surface area contributed by atoms with Crippen molar-refractivity contribution < 1.29 is 18.2 Å². The van der Waals surface area contributed by atoms with Crippen molar-refractivity contribution in [2.24, 2.45) is 5.92 Å². The van der Waals surface area contributed by atoms with Crippen molar-refractivity contribution in [1.29, 1.82) is 0 Å². The van der Waals surface area contributed by atoms with E-state index in [2.05, 4.69) is 176 Å². The quantitative estimate of drug-likeness (QED) is 0.142. The molecular formula is C43H54N3O+3. The van der Waals surface area contributed by atoms with Gasteiger partial charge in [0, 0.05) is 35.4 Å². The summed E-state index contributed by atoms with van der Waals surface area (Å²) in [7, 11) is 13.9. The maximum atomic E-state index is 6.57. The number of hydrogen-bond acceptors (Lipinski definition) is 1. The highest BCUT2D eigenvalue weighted by Gasteiger charge is 2.34. The van der Waals surface area contributed by atoms with Crippen LogP contribution in [0, 0.1) is 5.92 Å². The summed E-state index contributed by atoms with van der Waals surface area (Å²) in [6.07, 6.45) is 9.43. The molecular weight excluding hydrogens is 574 g/mol. The minimum absolute atomic E-state index is 0.179. The largest absolute Gasteiger partial charge is 0.493 e. The SMILES string of the molecule is C[N+](C)(C=C1CC(=C[N+](C)(C)Cc2ccccc2)C(COc2ccccc2)C(=C[N+](C)(C)Cc2ccccc2)C1)Cc1ccccc1. The first-order chi connectivity index (χ1) is 22.5. The molecule has 0 heterocycles. The lowest BCUT2D eigenvalue weighted by molar-refractivity contribution is -0.854. The molecule has 0 aromatic heterocycles. The Morgan fingerprint density at radius 3 is 1.21 bits per heavy atom. The minimum atomic E-state index is 0.179. The van der Waals surface area contributed by atoms with Crippen molar-refractivity contribution in [2.45, 2.75) is 32.5 Å². The molecule has 0 spiro atoms. The zero-order chi connectivity index (χ0) is 33.3. The Bertz CT molecular complexity index is 1580. The number of nitrogens with zero attached hydrogens (tertiary/aromatic N) is 3.